The molecule has 2 rings (SSSR count). The Morgan fingerprint density at radius 3 is 2.62 bits per heavy atom. The van der Waals surface area contributed by atoms with Gasteiger partial charge in [0.15, 0.2) is 0 Å². The highest BCUT2D eigenvalue weighted by Crippen LogP contribution is 2.17. The van der Waals surface area contributed by atoms with Crippen LogP contribution in [-0.4, -0.2) is 30.3 Å². The Balaban J connectivity index is 1.93. The molecular formula is C17H25N3O. The Kier molecular flexibility index (Phi) is 5.81. The molecule has 1 aromatic heterocycles. The molecule has 1 unspecified atom stereocenters. The van der Waals surface area contributed by atoms with Gasteiger partial charge in [0.05, 0.1) is 7.11 Å². The van der Waals surface area contributed by atoms with Crippen LogP contribution >= 0.6 is 0 Å². The number of benzene rings is 1. The zero-order valence-electron chi connectivity index (χ0n) is 13.2. The third kappa shape index (κ3) is 4.60. The van der Waals surface area contributed by atoms with Crippen LogP contribution in [0.5, 0.6) is 5.75 Å². The van der Waals surface area contributed by atoms with Crippen LogP contribution in [0, 0.1) is 5.92 Å². The van der Waals surface area contributed by atoms with Gasteiger partial charge in [0, 0.05) is 25.9 Å². The molecule has 1 aromatic carbocycles. The van der Waals surface area contributed by atoms with Crippen LogP contribution in [0.2, 0.25) is 0 Å². The SMILES string of the molecule is CNCC(CCc1nccn1C)Cc1ccc(OC)cc1. The molecule has 21 heavy (non-hydrogen) atoms. The summed E-state index contributed by atoms with van der Waals surface area (Å²) in [4.78, 5) is 4.40. The van der Waals surface area contributed by atoms with Crippen molar-refractivity contribution >= 4 is 0 Å². The largest absolute Gasteiger partial charge is 0.497 e. The minimum Gasteiger partial charge on any atom is -0.497 e. The topological polar surface area (TPSA) is 39.1 Å². The van der Waals surface area contributed by atoms with Crippen molar-refractivity contribution in [1.29, 1.82) is 0 Å². The molecule has 2 aromatic rings. The Bertz CT molecular complexity index is 533. The van der Waals surface area contributed by atoms with Crippen molar-refractivity contribution in [1.82, 2.24) is 14.9 Å². The molecule has 1 N–H and O–H groups in total. The molecule has 0 radical (unpaired) electrons. The van der Waals surface area contributed by atoms with E-state index in [-0.39, 0.29) is 0 Å². The molecule has 0 amide bonds. The van der Waals surface area contributed by atoms with E-state index in [2.05, 4.69) is 34.0 Å². The molecule has 114 valence electrons. The molecule has 1 atom stereocenters. The third-order valence-corrected chi connectivity index (χ3v) is 3.87. The van der Waals surface area contributed by atoms with Crippen LogP contribution in [0.4, 0.5) is 0 Å². The number of rotatable bonds is 8. The van der Waals surface area contributed by atoms with E-state index in [4.69, 9.17) is 4.74 Å². The van der Waals surface area contributed by atoms with Gasteiger partial charge >= 0.3 is 0 Å². The number of hydrogen-bond donors (Lipinski definition) is 1. The van der Waals surface area contributed by atoms with Crippen LogP contribution in [0.3, 0.4) is 0 Å². The lowest BCUT2D eigenvalue weighted by Gasteiger charge is -2.16. The molecule has 0 spiro atoms. The van der Waals surface area contributed by atoms with E-state index >= 15 is 0 Å². The molecule has 0 fully saturated rings. The summed E-state index contributed by atoms with van der Waals surface area (Å²) in [6, 6.07) is 8.37. The summed E-state index contributed by atoms with van der Waals surface area (Å²) in [5.41, 5.74) is 1.36. The van der Waals surface area contributed by atoms with E-state index in [0.29, 0.717) is 5.92 Å². The first-order chi connectivity index (χ1) is 10.2. The van der Waals surface area contributed by atoms with Gasteiger partial charge in [0.1, 0.15) is 11.6 Å². The average molecular weight is 287 g/mol. The number of hydrogen-bond acceptors (Lipinski definition) is 3. The third-order valence-electron chi connectivity index (χ3n) is 3.87. The summed E-state index contributed by atoms with van der Waals surface area (Å²) in [6.45, 7) is 1.02. The summed E-state index contributed by atoms with van der Waals surface area (Å²) in [5, 5.41) is 3.30. The maximum Gasteiger partial charge on any atom is 0.118 e. The molecule has 1 heterocycles. The maximum atomic E-state index is 5.21. The lowest BCUT2D eigenvalue weighted by Crippen LogP contribution is -2.21. The normalized spacial score (nSPS) is 12.3. The number of nitrogens with zero attached hydrogens (tertiary/aromatic N) is 2. The van der Waals surface area contributed by atoms with E-state index in [0.717, 1.165) is 37.4 Å². The number of nitrogens with one attached hydrogen (secondary N) is 1. The van der Waals surface area contributed by atoms with Gasteiger partial charge in [-0.3, -0.25) is 0 Å². The Hall–Kier alpha value is -1.81. The molecular weight excluding hydrogens is 262 g/mol. The van der Waals surface area contributed by atoms with Gasteiger partial charge in [-0.2, -0.15) is 0 Å². The predicted molar refractivity (Wildman–Crippen MR) is 85.6 cm³/mol. The van der Waals surface area contributed by atoms with Gasteiger partial charge in [0.2, 0.25) is 0 Å². The van der Waals surface area contributed by atoms with Crippen LogP contribution < -0.4 is 10.1 Å². The summed E-state index contributed by atoms with van der Waals surface area (Å²) < 4.78 is 7.31. The van der Waals surface area contributed by atoms with Crippen molar-refractivity contribution in [3.63, 3.8) is 0 Å². The van der Waals surface area contributed by atoms with Crippen LogP contribution in [0.1, 0.15) is 17.8 Å². The highest BCUT2D eigenvalue weighted by Gasteiger charge is 2.11. The average Bonchev–Trinajstić information content (AvgIpc) is 2.91. The molecule has 4 heteroatoms. The monoisotopic (exact) mass is 287 g/mol. The van der Waals surface area contributed by atoms with Crippen LogP contribution in [0.15, 0.2) is 36.7 Å². The lowest BCUT2D eigenvalue weighted by atomic mass is 9.94. The quantitative estimate of drug-likeness (QED) is 0.810. The molecule has 0 aliphatic carbocycles. The van der Waals surface area contributed by atoms with E-state index in [9.17, 15) is 0 Å². The summed E-state index contributed by atoms with van der Waals surface area (Å²) >= 11 is 0. The first-order valence-electron chi connectivity index (χ1n) is 7.46. The number of ether oxygens (including phenoxy) is 1. The van der Waals surface area contributed by atoms with Crippen molar-refractivity contribution < 1.29 is 4.74 Å². The number of methoxy groups -OCH3 is 1. The number of aromatic nitrogens is 2. The fraction of sp³-hybridized carbons (Fsp3) is 0.471. The predicted octanol–water partition coefficient (Wildman–Crippen LogP) is 2.44. The van der Waals surface area contributed by atoms with Crippen molar-refractivity contribution in [2.45, 2.75) is 19.3 Å². The van der Waals surface area contributed by atoms with Crippen LogP contribution in [0.25, 0.3) is 0 Å². The zero-order chi connectivity index (χ0) is 15.1. The Labute approximate surface area is 127 Å². The summed E-state index contributed by atoms with van der Waals surface area (Å²) in [6.07, 6.45) is 7.11. The summed E-state index contributed by atoms with van der Waals surface area (Å²) in [7, 11) is 5.77. The first kappa shape index (κ1) is 15.6. The first-order valence-corrected chi connectivity index (χ1v) is 7.46. The zero-order valence-corrected chi connectivity index (χ0v) is 13.2. The number of aryl methyl sites for hydroxylation is 2. The minimum atomic E-state index is 0.611. The van der Waals surface area contributed by atoms with Gasteiger partial charge in [-0.1, -0.05) is 12.1 Å². The molecule has 0 saturated carbocycles. The highest BCUT2D eigenvalue weighted by molar-refractivity contribution is 5.27. The van der Waals surface area contributed by atoms with Gasteiger partial charge < -0.3 is 14.6 Å². The van der Waals surface area contributed by atoms with E-state index < -0.39 is 0 Å². The highest BCUT2D eigenvalue weighted by atomic mass is 16.5. The van der Waals surface area contributed by atoms with Gasteiger partial charge in [0.25, 0.3) is 0 Å². The minimum absolute atomic E-state index is 0.611. The fourth-order valence-corrected chi connectivity index (χ4v) is 2.63. The molecule has 0 bridgehead atoms. The van der Waals surface area contributed by atoms with Gasteiger partial charge in [-0.25, -0.2) is 4.98 Å². The van der Waals surface area contributed by atoms with E-state index in [1.54, 1.807) is 7.11 Å². The standard InChI is InChI=1S/C17H25N3O/c1-18-13-15(6-9-17-19-10-11-20(17)2)12-14-4-7-16(21-3)8-5-14/h4-5,7-8,10-11,15,18H,6,9,12-13H2,1-3H3. The fourth-order valence-electron chi connectivity index (χ4n) is 2.63. The number of imidazole rings is 1. The molecule has 0 aliphatic heterocycles. The molecule has 4 nitrogen and oxygen atoms in total. The second-order valence-corrected chi connectivity index (χ2v) is 5.47. The van der Waals surface area contributed by atoms with Gasteiger partial charge in [-0.15, -0.1) is 0 Å². The Morgan fingerprint density at radius 1 is 1.29 bits per heavy atom. The second kappa shape index (κ2) is 7.84. The van der Waals surface area contributed by atoms with Crippen molar-refractivity contribution in [3.05, 3.63) is 48.0 Å². The molecule has 0 saturated heterocycles. The van der Waals surface area contributed by atoms with Crippen molar-refractivity contribution in [3.8, 4) is 5.75 Å². The molecule has 0 aliphatic rings. The maximum absolute atomic E-state index is 5.21. The van der Waals surface area contributed by atoms with Gasteiger partial charge in [-0.05, 0) is 50.0 Å². The van der Waals surface area contributed by atoms with Crippen molar-refractivity contribution in [2.75, 3.05) is 20.7 Å². The lowest BCUT2D eigenvalue weighted by molar-refractivity contribution is 0.414. The van der Waals surface area contributed by atoms with E-state index in [1.807, 2.05) is 31.6 Å². The Morgan fingerprint density at radius 2 is 2.05 bits per heavy atom. The second-order valence-electron chi connectivity index (χ2n) is 5.47. The smallest absolute Gasteiger partial charge is 0.118 e. The van der Waals surface area contributed by atoms with E-state index in [1.165, 1.54) is 5.56 Å². The summed E-state index contributed by atoms with van der Waals surface area (Å²) in [5.74, 6) is 2.68. The van der Waals surface area contributed by atoms with Crippen LogP contribution in [-0.2, 0) is 19.9 Å². The van der Waals surface area contributed by atoms with Crippen molar-refractivity contribution in [2.24, 2.45) is 13.0 Å².